The van der Waals surface area contributed by atoms with Gasteiger partial charge in [0.2, 0.25) is 5.91 Å². The fraction of sp³-hybridized carbons (Fsp3) is 0.615. The molecule has 4 N–H and O–H groups in total. The van der Waals surface area contributed by atoms with Gasteiger partial charge in [0.15, 0.2) is 5.13 Å². The molecule has 1 aliphatic rings. The SMILES string of the molecule is CCN(C)C(=O)C(C)NC(=O)c1sc(NC2CC2)nc1N. The first-order valence-corrected chi connectivity index (χ1v) is 7.82. The average Bonchev–Trinajstić information content (AvgIpc) is 3.18. The van der Waals surface area contributed by atoms with E-state index in [2.05, 4.69) is 15.6 Å². The van der Waals surface area contributed by atoms with Crippen LogP contribution in [0.2, 0.25) is 0 Å². The fourth-order valence-corrected chi connectivity index (χ4v) is 2.63. The Balaban J connectivity index is 1.99. The summed E-state index contributed by atoms with van der Waals surface area (Å²) in [7, 11) is 1.70. The first-order valence-electron chi connectivity index (χ1n) is 7.01. The second-order valence-electron chi connectivity index (χ2n) is 5.20. The summed E-state index contributed by atoms with van der Waals surface area (Å²) in [4.78, 5) is 30.2. The van der Waals surface area contributed by atoms with Crippen LogP contribution in [0.1, 0.15) is 36.4 Å². The molecule has 2 amide bonds. The van der Waals surface area contributed by atoms with Crippen molar-refractivity contribution in [1.82, 2.24) is 15.2 Å². The Morgan fingerprint density at radius 1 is 1.52 bits per heavy atom. The maximum absolute atomic E-state index is 12.2. The summed E-state index contributed by atoms with van der Waals surface area (Å²) in [6.45, 7) is 4.13. The van der Waals surface area contributed by atoms with Gasteiger partial charge in [-0.05, 0) is 26.7 Å². The normalized spacial score (nSPS) is 15.4. The van der Waals surface area contributed by atoms with Crippen LogP contribution in [0.4, 0.5) is 10.9 Å². The highest BCUT2D eigenvalue weighted by atomic mass is 32.1. The second-order valence-corrected chi connectivity index (χ2v) is 6.20. The van der Waals surface area contributed by atoms with Gasteiger partial charge in [-0.15, -0.1) is 0 Å². The van der Waals surface area contributed by atoms with E-state index in [4.69, 9.17) is 5.73 Å². The van der Waals surface area contributed by atoms with E-state index in [9.17, 15) is 9.59 Å². The van der Waals surface area contributed by atoms with Crippen molar-refractivity contribution in [3.05, 3.63) is 4.88 Å². The zero-order chi connectivity index (χ0) is 15.6. The molecule has 0 aromatic carbocycles. The van der Waals surface area contributed by atoms with Crippen LogP contribution in [0.3, 0.4) is 0 Å². The van der Waals surface area contributed by atoms with Crippen LogP contribution in [0, 0.1) is 0 Å². The Morgan fingerprint density at radius 2 is 2.19 bits per heavy atom. The van der Waals surface area contributed by atoms with Crippen LogP contribution >= 0.6 is 11.3 Å². The number of carbonyl (C=O) groups excluding carboxylic acids is 2. The smallest absolute Gasteiger partial charge is 0.265 e. The van der Waals surface area contributed by atoms with E-state index in [0.29, 0.717) is 22.6 Å². The van der Waals surface area contributed by atoms with Gasteiger partial charge in [0.1, 0.15) is 16.7 Å². The number of anilines is 2. The molecule has 8 heteroatoms. The Bertz CT molecular complexity index is 541. The maximum Gasteiger partial charge on any atom is 0.265 e. The molecular weight excluding hydrogens is 290 g/mol. The number of hydrogen-bond donors (Lipinski definition) is 3. The molecule has 7 nitrogen and oxygen atoms in total. The third-order valence-corrected chi connectivity index (χ3v) is 4.33. The number of hydrogen-bond acceptors (Lipinski definition) is 6. The van der Waals surface area contributed by atoms with Crippen molar-refractivity contribution in [2.45, 2.75) is 38.8 Å². The van der Waals surface area contributed by atoms with Crippen molar-refractivity contribution in [1.29, 1.82) is 0 Å². The maximum atomic E-state index is 12.2. The van der Waals surface area contributed by atoms with Crippen molar-refractivity contribution < 1.29 is 9.59 Å². The highest BCUT2D eigenvalue weighted by Crippen LogP contribution is 2.30. The standard InChI is InChI=1S/C13H21N5O2S/c1-4-18(3)12(20)7(2)15-11(19)9-10(14)17-13(21-9)16-8-5-6-8/h7-8H,4-6,14H2,1-3H3,(H,15,19)(H,16,17). The molecule has 1 aliphatic carbocycles. The molecule has 0 saturated heterocycles. The molecule has 0 bridgehead atoms. The Kier molecular flexibility index (Phi) is 4.66. The van der Waals surface area contributed by atoms with E-state index in [1.54, 1.807) is 18.9 Å². The number of nitrogens with two attached hydrogens (primary N) is 1. The predicted molar refractivity (Wildman–Crippen MR) is 83.4 cm³/mol. The molecule has 0 radical (unpaired) electrons. The number of amides is 2. The van der Waals surface area contributed by atoms with Crippen LogP contribution in [0.25, 0.3) is 0 Å². The summed E-state index contributed by atoms with van der Waals surface area (Å²) in [6.07, 6.45) is 2.24. The summed E-state index contributed by atoms with van der Waals surface area (Å²) < 4.78 is 0. The summed E-state index contributed by atoms with van der Waals surface area (Å²) in [5.41, 5.74) is 5.78. The number of thiazole rings is 1. The molecule has 21 heavy (non-hydrogen) atoms. The molecule has 1 heterocycles. The van der Waals surface area contributed by atoms with E-state index in [0.717, 1.165) is 12.8 Å². The minimum atomic E-state index is -0.594. The molecule has 1 fully saturated rings. The summed E-state index contributed by atoms with van der Waals surface area (Å²) in [5.74, 6) is -0.298. The molecule has 0 spiro atoms. The molecule has 0 aliphatic heterocycles. The van der Waals surface area contributed by atoms with Crippen molar-refractivity contribution in [2.75, 3.05) is 24.6 Å². The zero-order valence-corrected chi connectivity index (χ0v) is 13.3. The van der Waals surface area contributed by atoms with Crippen LogP contribution in [-0.2, 0) is 4.79 Å². The number of nitrogens with one attached hydrogen (secondary N) is 2. The first kappa shape index (κ1) is 15.6. The highest BCUT2D eigenvalue weighted by Gasteiger charge is 2.25. The molecular formula is C13H21N5O2S. The average molecular weight is 311 g/mol. The fourth-order valence-electron chi connectivity index (χ4n) is 1.77. The third-order valence-electron chi connectivity index (χ3n) is 3.33. The zero-order valence-electron chi connectivity index (χ0n) is 12.5. The Morgan fingerprint density at radius 3 is 2.76 bits per heavy atom. The van der Waals surface area contributed by atoms with Gasteiger partial charge in [-0.2, -0.15) is 0 Å². The van der Waals surface area contributed by atoms with Gasteiger partial charge in [-0.1, -0.05) is 11.3 Å². The number of rotatable bonds is 6. The van der Waals surface area contributed by atoms with Gasteiger partial charge in [0.05, 0.1) is 0 Å². The number of carbonyl (C=O) groups is 2. The molecule has 1 atom stereocenters. The largest absolute Gasteiger partial charge is 0.382 e. The molecule has 1 aromatic rings. The van der Waals surface area contributed by atoms with Crippen LogP contribution in [-0.4, -0.2) is 47.4 Å². The minimum absolute atomic E-state index is 0.134. The summed E-state index contributed by atoms with van der Waals surface area (Å²) in [5, 5.41) is 6.53. The van der Waals surface area contributed by atoms with Crippen molar-refractivity contribution >= 4 is 34.1 Å². The molecule has 2 rings (SSSR count). The quantitative estimate of drug-likeness (QED) is 0.724. The van der Waals surface area contributed by atoms with Gasteiger partial charge in [-0.3, -0.25) is 9.59 Å². The van der Waals surface area contributed by atoms with Crippen molar-refractivity contribution in [2.24, 2.45) is 0 Å². The van der Waals surface area contributed by atoms with Gasteiger partial charge in [0.25, 0.3) is 5.91 Å². The molecule has 116 valence electrons. The predicted octanol–water partition coefficient (Wildman–Crippen LogP) is 0.896. The number of aromatic nitrogens is 1. The van der Waals surface area contributed by atoms with E-state index in [1.165, 1.54) is 11.3 Å². The molecule has 1 aromatic heterocycles. The van der Waals surface area contributed by atoms with Crippen LogP contribution in [0.5, 0.6) is 0 Å². The highest BCUT2D eigenvalue weighted by molar-refractivity contribution is 7.18. The lowest BCUT2D eigenvalue weighted by Crippen LogP contribution is -2.45. The lowest BCUT2D eigenvalue weighted by atomic mass is 10.3. The molecule has 1 saturated carbocycles. The third kappa shape index (κ3) is 3.84. The Hall–Kier alpha value is -1.83. The van der Waals surface area contributed by atoms with Crippen LogP contribution in [0.15, 0.2) is 0 Å². The number of nitrogen functional groups attached to an aromatic ring is 1. The molecule has 1 unspecified atom stereocenters. The van der Waals surface area contributed by atoms with Crippen molar-refractivity contribution in [3.8, 4) is 0 Å². The summed E-state index contributed by atoms with van der Waals surface area (Å²) in [6, 6.07) is -0.144. The lowest BCUT2D eigenvalue weighted by Gasteiger charge is -2.20. The van der Waals surface area contributed by atoms with Crippen LogP contribution < -0.4 is 16.4 Å². The van der Waals surface area contributed by atoms with E-state index >= 15 is 0 Å². The minimum Gasteiger partial charge on any atom is -0.382 e. The van der Waals surface area contributed by atoms with Gasteiger partial charge < -0.3 is 21.3 Å². The lowest BCUT2D eigenvalue weighted by molar-refractivity contribution is -0.131. The van der Waals surface area contributed by atoms with E-state index < -0.39 is 6.04 Å². The van der Waals surface area contributed by atoms with E-state index in [-0.39, 0.29) is 17.6 Å². The van der Waals surface area contributed by atoms with Crippen molar-refractivity contribution in [3.63, 3.8) is 0 Å². The van der Waals surface area contributed by atoms with Gasteiger partial charge >= 0.3 is 0 Å². The van der Waals surface area contributed by atoms with Gasteiger partial charge in [0, 0.05) is 19.6 Å². The number of nitrogens with zero attached hydrogens (tertiary/aromatic N) is 2. The van der Waals surface area contributed by atoms with Gasteiger partial charge in [-0.25, -0.2) is 4.98 Å². The topological polar surface area (TPSA) is 100 Å². The van der Waals surface area contributed by atoms with E-state index in [1.807, 2.05) is 6.92 Å². The monoisotopic (exact) mass is 311 g/mol. The number of likely N-dealkylation sites (N-methyl/N-ethyl adjacent to an activating group) is 1. The summed E-state index contributed by atoms with van der Waals surface area (Å²) >= 11 is 1.22. The Labute approximate surface area is 127 Å². The second kappa shape index (κ2) is 6.30. The first-order chi connectivity index (χ1) is 9.92.